The number of hydrogen-bond donors (Lipinski definition) is 1. The van der Waals surface area contributed by atoms with Crippen molar-refractivity contribution in [2.75, 3.05) is 12.8 Å². The molecule has 0 amide bonds. The van der Waals surface area contributed by atoms with Crippen LogP contribution in [-0.4, -0.2) is 13.1 Å². The van der Waals surface area contributed by atoms with Crippen LogP contribution in [0.15, 0.2) is 40.1 Å². The molecule has 0 bridgehead atoms. The highest BCUT2D eigenvalue weighted by atomic mass is 32.2. The summed E-state index contributed by atoms with van der Waals surface area (Å²) in [5.41, 5.74) is 10.2. The van der Waals surface area contributed by atoms with E-state index in [1.165, 1.54) is 23.1 Å². The van der Waals surface area contributed by atoms with E-state index in [9.17, 15) is 4.79 Å². The molecular formula is C17H19NO2S. The summed E-state index contributed by atoms with van der Waals surface area (Å²) in [6, 6.07) is 10.1. The fourth-order valence-electron chi connectivity index (χ4n) is 2.14. The zero-order valence-electron chi connectivity index (χ0n) is 12.7. The Bertz CT molecular complexity index is 695. The number of carbonyl (C=O) groups excluding carboxylic acids is 1. The SMILES string of the molecule is COC(=O)c1cc(Sc2ccc(C)cc2C)cc(C)c1N. The summed E-state index contributed by atoms with van der Waals surface area (Å²) in [5, 5.41) is 0. The van der Waals surface area contributed by atoms with Crippen LogP contribution < -0.4 is 5.73 Å². The van der Waals surface area contributed by atoms with Gasteiger partial charge in [-0.25, -0.2) is 4.79 Å². The quantitative estimate of drug-likeness (QED) is 0.684. The third-order valence-electron chi connectivity index (χ3n) is 3.32. The Hall–Kier alpha value is -1.94. The van der Waals surface area contributed by atoms with Crippen molar-refractivity contribution >= 4 is 23.4 Å². The lowest BCUT2D eigenvalue weighted by atomic mass is 10.1. The Labute approximate surface area is 129 Å². The zero-order chi connectivity index (χ0) is 15.6. The standard InChI is InChI=1S/C17H19NO2S/c1-10-5-6-15(11(2)7-10)21-13-8-12(3)16(18)14(9-13)17(19)20-4/h5-9H,18H2,1-4H3. The first-order chi connectivity index (χ1) is 9.92. The van der Waals surface area contributed by atoms with Gasteiger partial charge in [0.25, 0.3) is 0 Å². The molecule has 2 aromatic carbocycles. The molecule has 0 atom stereocenters. The summed E-state index contributed by atoms with van der Waals surface area (Å²) >= 11 is 1.62. The Morgan fingerprint density at radius 1 is 1.10 bits per heavy atom. The minimum Gasteiger partial charge on any atom is -0.465 e. The zero-order valence-corrected chi connectivity index (χ0v) is 13.5. The fraction of sp³-hybridized carbons (Fsp3) is 0.235. The van der Waals surface area contributed by atoms with Crippen LogP contribution in [0.2, 0.25) is 0 Å². The maximum absolute atomic E-state index is 11.8. The molecule has 0 saturated carbocycles. The Balaban J connectivity index is 2.40. The van der Waals surface area contributed by atoms with Crippen LogP contribution in [0.5, 0.6) is 0 Å². The van der Waals surface area contributed by atoms with Gasteiger partial charge in [-0.15, -0.1) is 0 Å². The van der Waals surface area contributed by atoms with Crippen LogP contribution in [0.1, 0.15) is 27.0 Å². The summed E-state index contributed by atoms with van der Waals surface area (Å²) in [7, 11) is 1.36. The Morgan fingerprint density at radius 3 is 2.43 bits per heavy atom. The van der Waals surface area contributed by atoms with E-state index in [1.54, 1.807) is 17.8 Å². The van der Waals surface area contributed by atoms with Gasteiger partial charge in [-0.1, -0.05) is 29.5 Å². The minimum absolute atomic E-state index is 0.404. The molecule has 110 valence electrons. The average Bonchev–Trinajstić information content (AvgIpc) is 2.44. The molecule has 0 spiro atoms. The van der Waals surface area contributed by atoms with Crippen LogP contribution in [0.4, 0.5) is 5.69 Å². The van der Waals surface area contributed by atoms with E-state index in [0.29, 0.717) is 11.3 Å². The second-order valence-corrected chi connectivity index (χ2v) is 6.18. The molecular weight excluding hydrogens is 282 g/mol. The number of anilines is 1. The first-order valence-electron chi connectivity index (χ1n) is 6.66. The third kappa shape index (κ3) is 3.39. The van der Waals surface area contributed by atoms with Crippen LogP contribution in [0.25, 0.3) is 0 Å². The fourth-order valence-corrected chi connectivity index (χ4v) is 3.17. The smallest absolute Gasteiger partial charge is 0.340 e. The van der Waals surface area contributed by atoms with E-state index in [4.69, 9.17) is 10.5 Å². The van der Waals surface area contributed by atoms with Gasteiger partial charge in [0.2, 0.25) is 0 Å². The van der Waals surface area contributed by atoms with E-state index in [1.807, 2.05) is 13.0 Å². The summed E-state index contributed by atoms with van der Waals surface area (Å²) in [6.07, 6.45) is 0. The normalized spacial score (nSPS) is 10.5. The van der Waals surface area contributed by atoms with Crippen molar-refractivity contribution in [2.24, 2.45) is 0 Å². The van der Waals surface area contributed by atoms with Gasteiger partial charge in [-0.05, 0) is 50.1 Å². The van der Waals surface area contributed by atoms with Gasteiger partial charge >= 0.3 is 5.97 Å². The molecule has 2 rings (SSSR count). The lowest BCUT2D eigenvalue weighted by Gasteiger charge is -2.11. The summed E-state index contributed by atoms with van der Waals surface area (Å²) in [5.74, 6) is -0.404. The molecule has 0 aliphatic heterocycles. The first kappa shape index (κ1) is 15.4. The van der Waals surface area contributed by atoms with Gasteiger partial charge in [0, 0.05) is 15.5 Å². The average molecular weight is 301 g/mol. The minimum atomic E-state index is -0.404. The number of rotatable bonds is 3. The van der Waals surface area contributed by atoms with Gasteiger partial charge in [0.05, 0.1) is 12.7 Å². The van der Waals surface area contributed by atoms with Crippen LogP contribution in [0.3, 0.4) is 0 Å². The monoisotopic (exact) mass is 301 g/mol. The molecule has 0 aliphatic rings. The first-order valence-corrected chi connectivity index (χ1v) is 7.47. The molecule has 3 nitrogen and oxygen atoms in total. The molecule has 21 heavy (non-hydrogen) atoms. The highest BCUT2D eigenvalue weighted by molar-refractivity contribution is 7.99. The van der Waals surface area contributed by atoms with Crippen molar-refractivity contribution < 1.29 is 9.53 Å². The maximum atomic E-state index is 11.8. The van der Waals surface area contributed by atoms with E-state index in [0.717, 1.165) is 10.5 Å². The molecule has 0 fully saturated rings. The van der Waals surface area contributed by atoms with E-state index in [-0.39, 0.29) is 0 Å². The number of nitrogen functional groups attached to an aromatic ring is 1. The summed E-state index contributed by atoms with van der Waals surface area (Å²) in [4.78, 5) is 13.9. The van der Waals surface area contributed by atoms with Crippen molar-refractivity contribution in [3.05, 3.63) is 52.6 Å². The van der Waals surface area contributed by atoms with Crippen molar-refractivity contribution in [3.63, 3.8) is 0 Å². The van der Waals surface area contributed by atoms with E-state index in [2.05, 4.69) is 32.0 Å². The number of carbonyl (C=O) groups is 1. The molecule has 0 aliphatic carbocycles. The Morgan fingerprint density at radius 2 is 1.81 bits per heavy atom. The lowest BCUT2D eigenvalue weighted by Crippen LogP contribution is -2.07. The predicted molar refractivity (Wildman–Crippen MR) is 87.0 cm³/mol. The van der Waals surface area contributed by atoms with Gasteiger partial charge in [-0.3, -0.25) is 0 Å². The number of ether oxygens (including phenoxy) is 1. The van der Waals surface area contributed by atoms with Gasteiger partial charge in [0.1, 0.15) is 0 Å². The molecule has 0 unspecified atom stereocenters. The predicted octanol–water partition coefficient (Wildman–Crippen LogP) is 4.13. The molecule has 0 saturated heterocycles. The highest BCUT2D eigenvalue weighted by Crippen LogP contribution is 2.34. The van der Waals surface area contributed by atoms with Gasteiger partial charge in [0.15, 0.2) is 0 Å². The largest absolute Gasteiger partial charge is 0.465 e. The number of benzene rings is 2. The van der Waals surface area contributed by atoms with Crippen molar-refractivity contribution in [3.8, 4) is 0 Å². The lowest BCUT2D eigenvalue weighted by molar-refractivity contribution is 0.0601. The third-order valence-corrected chi connectivity index (χ3v) is 4.47. The number of aryl methyl sites for hydroxylation is 3. The van der Waals surface area contributed by atoms with Crippen molar-refractivity contribution in [1.82, 2.24) is 0 Å². The molecule has 2 N–H and O–H groups in total. The maximum Gasteiger partial charge on any atom is 0.340 e. The number of hydrogen-bond acceptors (Lipinski definition) is 4. The molecule has 0 radical (unpaired) electrons. The van der Waals surface area contributed by atoms with E-state index >= 15 is 0 Å². The molecule has 0 heterocycles. The van der Waals surface area contributed by atoms with E-state index < -0.39 is 5.97 Å². The van der Waals surface area contributed by atoms with Crippen LogP contribution >= 0.6 is 11.8 Å². The van der Waals surface area contributed by atoms with Gasteiger partial charge < -0.3 is 10.5 Å². The highest BCUT2D eigenvalue weighted by Gasteiger charge is 2.14. The summed E-state index contributed by atoms with van der Waals surface area (Å²) < 4.78 is 4.79. The number of esters is 1. The second kappa shape index (κ2) is 6.22. The van der Waals surface area contributed by atoms with Crippen LogP contribution in [0, 0.1) is 20.8 Å². The number of nitrogens with two attached hydrogens (primary N) is 1. The van der Waals surface area contributed by atoms with Crippen LogP contribution in [-0.2, 0) is 4.74 Å². The molecule has 0 aromatic heterocycles. The van der Waals surface area contributed by atoms with Crippen molar-refractivity contribution in [2.45, 2.75) is 30.6 Å². The Kier molecular flexibility index (Phi) is 4.58. The van der Waals surface area contributed by atoms with Crippen molar-refractivity contribution in [1.29, 1.82) is 0 Å². The van der Waals surface area contributed by atoms with Gasteiger partial charge in [-0.2, -0.15) is 0 Å². The number of methoxy groups -OCH3 is 1. The topological polar surface area (TPSA) is 52.3 Å². The molecule has 4 heteroatoms. The second-order valence-electron chi connectivity index (χ2n) is 5.06. The summed E-state index contributed by atoms with van der Waals surface area (Å²) in [6.45, 7) is 6.05. The molecule has 2 aromatic rings.